The Morgan fingerprint density at radius 2 is 0.902 bits per heavy atom. The number of hydrogen-bond acceptors (Lipinski definition) is 3. The Hall–Kier alpha value is -2.49. The van der Waals surface area contributed by atoms with Crippen LogP contribution in [0.15, 0.2) is 42.5 Å². The Balaban J connectivity index is 0.000000414. The lowest BCUT2D eigenvalue weighted by atomic mass is 10.0. The van der Waals surface area contributed by atoms with E-state index >= 15 is 0 Å². The van der Waals surface area contributed by atoms with Gasteiger partial charge in [-0.3, -0.25) is 0 Å². The van der Waals surface area contributed by atoms with Gasteiger partial charge in [-0.25, -0.2) is 4.79 Å². The van der Waals surface area contributed by atoms with Gasteiger partial charge in [0.2, 0.25) is 0 Å². The molecule has 0 unspecified atom stereocenters. The van der Waals surface area contributed by atoms with Crippen LogP contribution in [0.2, 0.25) is 0 Å². The number of hydrogen-bond donors (Lipinski definition) is 3. The van der Waals surface area contributed by atoms with Crippen LogP contribution in [0.4, 0.5) is 0 Å². The van der Waals surface area contributed by atoms with Crippen molar-refractivity contribution in [2.24, 2.45) is 0 Å². The average Bonchev–Trinajstić information content (AvgIpc) is 2.97. The maximum absolute atomic E-state index is 11.0. The number of aromatic carboxylic acids is 1. The van der Waals surface area contributed by atoms with Crippen molar-refractivity contribution in [1.29, 1.82) is 0 Å². The van der Waals surface area contributed by atoms with Gasteiger partial charge in [-0.15, -0.1) is 0 Å². The van der Waals surface area contributed by atoms with Crippen LogP contribution in [0, 0.1) is 0 Å². The van der Waals surface area contributed by atoms with Crippen molar-refractivity contribution in [2.45, 2.75) is 155 Å². The number of rotatable bonds is 23. The number of benzene rings is 2. The van der Waals surface area contributed by atoms with E-state index in [1.165, 1.54) is 122 Å². The summed E-state index contributed by atoms with van der Waals surface area (Å²) in [5.41, 5.74) is 1.85. The molecule has 2 rings (SSSR count). The van der Waals surface area contributed by atoms with Gasteiger partial charge < -0.3 is 15.3 Å². The second kappa shape index (κ2) is 25.2. The van der Waals surface area contributed by atoms with E-state index in [-0.39, 0.29) is 11.3 Å². The van der Waals surface area contributed by atoms with Crippen LogP contribution >= 0.6 is 0 Å². The van der Waals surface area contributed by atoms with E-state index < -0.39 is 5.97 Å². The highest BCUT2D eigenvalue weighted by Gasteiger charge is 2.12. The fraction of sp³-hybridized carbons (Fsp3) is 0.649. The number of carboxylic acids is 1. The Bertz CT molecular complexity index is 908. The Kier molecular flexibility index (Phi) is 22.5. The lowest BCUT2D eigenvalue weighted by Gasteiger charge is -2.07. The van der Waals surface area contributed by atoms with Gasteiger partial charge in [0.1, 0.15) is 17.1 Å². The van der Waals surface area contributed by atoms with Crippen LogP contribution in [0.25, 0.3) is 0 Å². The maximum Gasteiger partial charge on any atom is 0.339 e. The van der Waals surface area contributed by atoms with Crippen molar-refractivity contribution in [3.63, 3.8) is 0 Å². The van der Waals surface area contributed by atoms with Crippen molar-refractivity contribution in [2.75, 3.05) is 0 Å². The number of aromatic hydroxyl groups is 2. The molecule has 0 spiro atoms. The molecular weight excluding hydrogens is 508 g/mol. The lowest BCUT2D eigenvalue weighted by Crippen LogP contribution is -1.99. The van der Waals surface area contributed by atoms with Gasteiger partial charge in [-0.1, -0.05) is 160 Å². The zero-order valence-corrected chi connectivity index (χ0v) is 26.3. The summed E-state index contributed by atoms with van der Waals surface area (Å²) >= 11 is 0. The number of para-hydroxylation sites is 2. The molecule has 0 atom stereocenters. The van der Waals surface area contributed by atoms with Gasteiger partial charge in [-0.2, -0.15) is 0 Å². The SMILES string of the molecule is CCCCCCCCCCCCc1cccc(C(=O)O)c1O.CCCCCCCCCCCCc1ccccc1O. The zero-order valence-electron chi connectivity index (χ0n) is 26.3. The van der Waals surface area contributed by atoms with Gasteiger partial charge >= 0.3 is 5.97 Å². The van der Waals surface area contributed by atoms with Gasteiger partial charge in [-0.05, 0) is 48.9 Å². The summed E-state index contributed by atoms with van der Waals surface area (Å²) in [5, 5.41) is 28.6. The number of carbonyl (C=O) groups is 1. The minimum absolute atomic E-state index is 0.00424. The fourth-order valence-corrected chi connectivity index (χ4v) is 5.29. The summed E-state index contributed by atoms with van der Waals surface area (Å²) in [5.74, 6) is -0.674. The van der Waals surface area contributed by atoms with Gasteiger partial charge in [0, 0.05) is 0 Å². The first-order chi connectivity index (χ1) is 20.0. The number of phenols is 2. The molecule has 0 heterocycles. The molecule has 0 saturated carbocycles. The average molecular weight is 569 g/mol. The molecule has 2 aromatic rings. The first-order valence-electron chi connectivity index (χ1n) is 16.8. The minimum atomic E-state index is -1.07. The van der Waals surface area contributed by atoms with E-state index in [0.29, 0.717) is 5.75 Å². The molecule has 0 fully saturated rings. The standard InChI is InChI=1S/C19H30O3.C18H30O/c1-2-3-4-5-6-7-8-9-10-11-13-16-14-12-15-17(18(16)20)19(21)22;1-2-3-4-5-6-7-8-9-10-11-14-17-15-12-13-16-18(17)19/h12,14-15,20H,2-11,13H2,1H3,(H,21,22);12-13,15-16,19H,2-11,14H2,1H3. The third kappa shape index (κ3) is 18.5. The molecule has 0 aromatic heterocycles. The fourth-order valence-electron chi connectivity index (χ4n) is 5.29. The van der Waals surface area contributed by atoms with Gasteiger partial charge in [0.15, 0.2) is 0 Å². The van der Waals surface area contributed by atoms with E-state index in [9.17, 15) is 15.0 Å². The second-order valence-electron chi connectivity index (χ2n) is 11.6. The highest BCUT2D eigenvalue weighted by atomic mass is 16.4. The van der Waals surface area contributed by atoms with E-state index in [1.54, 1.807) is 12.1 Å². The predicted molar refractivity (Wildman–Crippen MR) is 174 cm³/mol. The number of carboxylic acid groups (broad SMARTS) is 1. The molecule has 0 aliphatic heterocycles. The van der Waals surface area contributed by atoms with Crippen LogP contribution in [0.1, 0.15) is 164 Å². The molecule has 2 aromatic carbocycles. The Labute approximate surface area is 251 Å². The van der Waals surface area contributed by atoms with Crippen LogP contribution < -0.4 is 0 Å². The quantitative estimate of drug-likeness (QED) is 0.116. The van der Waals surface area contributed by atoms with Crippen molar-refractivity contribution in [3.8, 4) is 11.5 Å². The lowest BCUT2D eigenvalue weighted by molar-refractivity contribution is 0.0693. The van der Waals surface area contributed by atoms with Crippen molar-refractivity contribution >= 4 is 5.97 Å². The van der Waals surface area contributed by atoms with Crippen LogP contribution in [0.5, 0.6) is 11.5 Å². The highest BCUT2D eigenvalue weighted by Crippen LogP contribution is 2.24. The number of unbranched alkanes of at least 4 members (excludes halogenated alkanes) is 18. The molecule has 4 nitrogen and oxygen atoms in total. The first-order valence-corrected chi connectivity index (χ1v) is 16.8. The molecule has 4 heteroatoms. The monoisotopic (exact) mass is 568 g/mol. The number of phenolic OH excluding ortho intramolecular Hbond substituents is 1. The maximum atomic E-state index is 11.0. The third-order valence-electron chi connectivity index (χ3n) is 7.94. The summed E-state index contributed by atoms with van der Waals surface area (Å²) in [4.78, 5) is 11.0. The third-order valence-corrected chi connectivity index (χ3v) is 7.94. The summed E-state index contributed by atoms with van der Waals surface area (Å²) in [6.07, 6.45) is 28.1. The van der Waals surface area contributed by atoms with Crippen LogP contribution in [-0.2, 0) is 12.8 Å². The summed E-state index contributed by atoms with van der Waals surface area (Å²) in [6.45, 7) is 4.51. The summed E-state index contributed by atoms with van der Waals surface area (Å²) < 4.78 is 0. The number of aryl methyl sites for hydroxylation is 2. The molecule has 3 N–H and O–H groups in total. The van der Waals surface area contributed by atoms with Crippen molar-refractivity contribution in [3.05, 3.63) is 59.2 Å². The molecular formula is C37H60O4. The molecule has 0 amide bonds. The summed E-state index contributed by atoms with van der Waals surface area (Å²) in [6, 6.07) is 12.7. The van der Waals surface area contributed by atoms with E-state index in [0.717, 1.165) is 36.8 Å². The topological polar surface area (TPSA) is 77.8 Å². The molecule has 232 valence electrons. The minimum Gasteiger partial charge on any atom is -0.508 e. The highest BCUT2D eigenvalue weighted by molar-refractivity contribution is 5.91. The van der Waals surface area contributed by atoms with Crippen molar-refractivity contribution < 1.29 is 20.1 Å². The smallest absolute Gasteiger partial charge is 0.339 e. The molecule has 0 aliphatic carbocycles. The van der Waals surface area contributed by atoms with Crippen LogP contribution in [-0.4, -0.2) is 21.3 Å². The second-order valence-corrected chi connectivity index (χ2v) is 11.6. The molecule has 0 radical (unpaired) electrons. The molecule has 0 bridgehead atoms. The summed E-state index contributed by atoms with van der Waals surface area (Å²) in [7, 11) is 0. The molecule has 0 saturated heterocycles. The van der Waals surface area contributed by atoms with Crippen LogP contribution in [0.3, 0.4) is 0 Å². The normalized spacial score (nSPS) is 10.8. The Morgan fingerprint density at radius 1 is 0.512 bits per heavy atom. The van der Waals surface area contributed by atoms with Gasteiger partial charge in [0.25, 0.3) is 0 Å². The van der Waals surface area contributed by atoms with Gasteiger partial charge in [0.05, 0.1) is 0 Å². The Morgan fingerprint density at radius 3 is 1.34 bits per heavy atom. The molecule has 41 heavy (non-hydrogen) atoms. The largest absolute Gasteiger partial charge is 0.508 e. The molecule has 0 aliphatic rings. The predicted octanol–water partition coefficient (Wildman–Crippen LogP) is 11.4. The van der Waals surface area contributed by atoms with E-state index in [4.69, 9.17) is 5.11 Å². The van der Waals surface area contributed by atoms with E-state index in [1.807, 2.05) is 24.3 Å². The van der Waals surface area contributed by atoms with Crippen molar-refractivity contribution in [1.82, 2.24) is 0 Å². The zero-order chi connectivity index (χ0) is 30.0. The first kappa shape index (κ1) is 36.5. The van der Waals surface area contributed by atoms with E-state index in [2.05, 4.69) is 13.8 Å².